The number of carbonyl (C=O) groups is 3. The molecule has 8 heteroatoms. The van der Waals surface area contributed by atoms with Crippen molar-refractivity contribution in [2.24, 2.45) is 0 Å². The first-order chi connectivity index (χ1) is 17.0. The molecule has 2 amide bonds. The lowest BCUT2D eigenvalue weighted by Gasteiger charge is -2.15. The van der Waals surface area contributed by atoms with Crippen LogP contribution in [0.1, 0.15) is 27.4 Å². The summed E-state index contributed by atoms with van der Waals surface area (Å²) < 4.78 is 10.8. The van der Waals surface area contributed by atoms with Gasteiger partial charge in [0.2, 0.25) is 0 Å². The number of anilines is 1. The Labute approximate surface area is 202 Å². The lowest BCUT2D eigenvalue weighted by molar-refractivity contribution is -0.131. The van der Waals surface area contributed by atoms with Crippen molar-refractivity contribution >= 4 is 23.7 Å². The van der Waals surface area contributed by atoms with Crippen LogP contribution < -0.4 is 15.4 Å². The molecule has 0 atom stereocenters. The molecule has 1 aliphatic carbocycles. The van der Waals surface area contributed by atoms with E-state index in [1.165, 1.54) is 25.3 Å². The van der Waals surface area contributed by atoms with Crippen molar-refractivity contribution in [3.05, 3.63) is 95.6 Å². The SMILES string of the molecule is COc1cc(NC(=O)OCC2c3ccccc3-c3ccccc32)ccc1C(=O)NC/C=C/C(=O)O. The Bertz CT molecular complexity index is 1250. The molecule has 8 nitrogen and oxygen atoms in total. The van der Waals surface area contributed by atoms with Crippen LogP contribution in [-0.4, -0.2) is 43.3 Å². The van der Waals surface area contributed by atoms with E-state index >= 15 is 0 Å². The molecular weight excluding hydrogens is 448 g/mol. The highest BCUT2D eigenvalue weighted by Crippen LogP contribution is 2.44. The zero-order chi connectivity index (χ0) is 24.8. The van der Waals surface area contributed by atoms with Crippen molar-refractivity contribution in [2.75, 3.05) is 25.6 Å². The summed E-state index contributed by atoms with van der Waals surface area (Å²) in [5.74, 6) is -1.34. The molecule has 1 aliphatic rings. The predicted octanol–water partition coefficient (Wildman–Crippen LogP) is 4.43. The van der Waals surface area contributed by atoms with Gasteiger partial charge in [-0.2, -0.15) is 0 Å². The van der Waals surface area contributed by atoms with Gasteiger partial charge in [-0.15, -0.1) is 0 Å². The largest absolute Gasteiger partial charge is 0.496 e. The molecule has 3 aromatic rings. The number of benzene rings is 3. The number of aliphatic carboxylic acids is 1. The van der Waals surface area contributed by atoms with E-state index in [0.717, 1.165) is 28.3 Å². The van der Waals surface area contributed by atoms with Gasteiger partial charge in [0, 0.05) is 30.3 Å². The number of fused-ring (bicyclic) bond motifs is 3. The number of ether oxygens (including phenoxy) is 2. The third-order valence-electron chi connectivity index (χ3n) is 5.68. The second kappa shape index (κ2) is 10.6. The molecule has 35 heavy (non-hydrogen) atoms. The van der Waals surface area contributed by atoms with E-state index in [1.807, 2.05) is 36.4 Å². The van der Waals surface area contributed by atoms with E-state index in [4.69, 9.17) is 14.6 Å². The van der Waals surface area contributed by atoms with Gasteiger partial charge in [0.05, 0.1) is 12.7 Å². The van der Waals surface area contributed by atoms with Gasteiger partial charge in [-0.05, 0) is 34.4 Å². The summed E-state index contributed by atoms with van der Waals surface area (Å²) in [4.78, 5) is 35.4. The number of hydrogen-bond donors (Lipinski definition) is 3. The fraction of sp³-hybridized carbons (Fsp3) is 0.148. The van der Waals surface area contributed by atoms with Crippen LogP contribution in [0.3, 0.4) is 0 Å². The molecule has 0 aromatic heterocycles. The quantitative estimate of drug-likeness (QED) is 0.418. The van der Waals surface area contributed by atoms with E-state index in [9.17, 15) is 14.4 Å². The maximum Gasteiger partial charge on any atom is 0.411 e. The highest BCUT2D eigenvalue weighted by Gasteiger charge is 2.29. The summed E-state index contributed by atoms with van der Waals surface area (Å²) >= 11 is 0. The summed E-state index contributed by atoms with van der Waals surface area (Å²) in [6.45, 7) is 0.232. The maximum absolute atomic E-state index is 12.5. The molecule has 0 aliphatic heterocycles. The summed E-state index contributed by atoms with van der Waals surface area (Å²) in [6, 6.07) is 20.8. The second-order valence-corrected chi connectivity index (χ2v) is 7.82. The number of rotatable bonds is 8. The van der Waals surface area contributed by atoms with E-state index in [2.05, 4.69) is 22.8 Å². The number of nitrogens with one attached hydrogen (secondary N) is 2. The van der Waals surface area contributed by atoms with Crippen molar-refractivity contribution < 1.29 is 29.0 Å². The maximum atomic E-state index is 12.5. The molecule has 3 N–H and O–H groups in total. The van der Waals surface area contributed by atoms with Crippen LogP contribution in [0.4, 0.5) is 10.5 Å². The molecule has 0 spiro atoms. The highest BCUT2D eigenvalue weighted by atomic mass is 16.5. The van der Waals surface area contributed by atoms with Crippen LogP contribution in [0.2, 0.25) is 0 Å². The zero-order valence-corrected chi connectivity index (χ0v) is 19.0. The molecule has 0 heterocycles. The Balaban J connectivity index is 1.39. The minimum atomic E-state index is -1.10. The van der Waals surface area contributed by atoms with Crippen LogP contribution in [0.15, 0.2) is 78.9 Å². The molecule has 0 fully saturated rings. The first-order valence-electron chi connectivity index (χ1n) is 11.0. The highest BCUT2D eigenvalue weighted by molar-refractivity contribution is 5.98. The van der Waals surface area contributed by atoms with Crippen molar-refractivity contribution in [3.63, 3.8) is 0 Å². The normalized spacial score (nSPS) is 12.0. The minimum Gasteiger partial charge on any atom is -0.496 e. The number of carboxylic acid groups (broad SMARTS) is 1. The molecular formula is C27H24N2O6. The Kier molecular flexibility index (Phi) is 7.11. The molecule has 3 aromatic carbocycles. The van der Waals surface area contributed by atoms with Gasteiger partial charge in [-0.3, -0.25) is 10.1 Å². The monoisotopic (exact) mass is 472 g/mol. The summed E-state index contributed by atoms with van der Waals surface area (Å²) in [5, 5.41) is 13.8. The van der Waals surface area contributed by atoms with Gasteiger partial charge in [-0.25, -0.2) is 9.59 Å². The number of carbonyl (C=O) groups excluding carboxylic acids is 2. The number of carboxylic acids is 1. The molecule has 178 valence electrons. The molecule has 0 saturated carbocycles. The Morgan fingerprint density at radius 1 is 0.971 bits per heavy atom. The molecule has 0 bridgehead atoms. The van der Waals surface area contributed by atoms with Gasteiger partial charge >= 0.3 is 12.1 Å². The summed E-state index contributed by atoms with van der Waals surface area (Å²) in [7, 11) is 1.41. The van der Waals surface area contributed by atoms with Crippen molar-refractivity contribution in [3.8, 4) is 16.9 Å². The molecule has 4 rings (SSSR count). The minimum absolute atomic E-state index is 0.0496. The zero-order valence-electron chi connectivity index (χ0n) is 19.0. The van der Waals surface area contributed by atoms with Crippen molar-refractivity contribution in [2.45, 2.75) is 5.92 Å². The third kappa shape index (κ3) is 5.33. The number of hydrogen-bond acceptors (Lipinski definition) is 5. The fourth-order valence-corrected chi connectivity index (χ4v) is 4.12. The standard InChI is InChI=1S/C27H24N2O6/c1-34-24-15-17(12-13-22(24)26(32)28-14-6-11-25(30)31)29-27(33)35-16-23-20-9-4-2-7-18(20)19-8-3-5-10-21(19)23/h2-13,15,23H,14,16H2,1H3,(H,28,32)(H,29,33)(H,30,31)/b11-6+. The fourth-order valence-electron chi connectivity index (χ4n) is 4.12. The summed E-state index contributed by atoms with van der Waals surface area (Å²) in [6.07, 6.45) is 1.64. The lowest BCUT2D eigenvalue weighted by atomic mass is 9.98. The van der Waals surface area contributed by atoms with E-state index in [1.54, 1.807) is 6.07 Å². The van der Waals surface area contributed by atoms with Crippen molar-refractivity contribution in [1.29, 1.82) is 0 Å². The Morgan fingerprint density at radius 2 is 1.63 bits per heavy atom. The molecule has 0 unspecified atom stereocenters. The van der Waals surface area contributed by atoms with Crippen LogP contribution in [0.5, 0.6) is 5.75 Å². The smallest absolute Gasteiger partial charge is 0.411 e. The predicted molar refractivity (Wildman–Crippen MR) is 131 cm³/mol. The average molecular weight is 472 g/mol. The molecule has 0 saturated heterocycles. The van der Waals surface area contributed by atoms with Crippen LogP contribution in [0, 0.1) is 0 Å². The Hall–Kier alpha value is -4.59. The van der Waals surface area contributed by atoms with E-state index < -0.39 is 18.0 Å². The van der Waals surface area contributed by atoms with E-state index in [-0.39, 0.29) is 30.4 Å². The lowest BCUT2D eigenvalue weighted by Crippen LogP contribution is -2.24. The van der Waals surface area contributed by atoms with E-state index in [0.29, 0.717) is 5.69 Å². The van der Waals surface area contributed by atoms with Crippen LogP contribution in [-0.2, 0) is 9.53 Å². The third-order valence-corrected chi connectivity index (χ3v) is 5.68. The van der Waals surface area contributed by atoms with Gasteiger partial charge in [0.1, 0.15) is 12.4 Å². The van der Waals surface area contributed by atoms with Gasteiger partial charge < -0.3 is 19.9 Å². The summed E-state index contributed by atoms with van der Waals surface area (Å²) in [5.41, 5.74) is 5.19. The Morgan fingerprint density at radius 3 is 2.26 bits per heavy atom. The second-order valence-electron chi connectivity index (χ2n) is 7.82. The van der Waals surface area contributed by atoms with Gasteiger partial charge in [0.15, 0.2) is 0 Å². The van der Waals surface area contributed by atoms with Gasteiger partial charge in [0.25, 0.3) is 5.91 Å². The first kappa shape index (κ1) is 23.6. The van der Waals surface area contributed by atoms with Crippen LogP contribution >= 0.6 is 0 Å². The van der Waals surface area contributed by atoms with Crippen LogP contribution in [0.25, 0.3) is 11.1 Å². The van der Waals surface area contributed by atoms with Gasteiger partial charge in [-0.1, -0.05) is 54.6 Å². The molecule has 0 radical (unpaired) electrons. The number of methoxy groups -OCH3 is 1. The average Bonchev–Trinajstić information content (AvgIpc) is 3.18. The topological polar surface area (TPSA) is 114 Å². The number of amides is 2. The van der Waals surface area contributed by atoms with Crippen molar-refractivity contribution in [1.82, 2.24) is 5.32 Å². The first-order valence-corrected chi connectivity index (χ1v) is 11.0.